The number of aromatic amines is 1. The van der Waals surface area contributed by atoms with Crippen LogP contribution in [0.25, 0.3) is 0 Å². The Kier molecular flexibility index (Phi) is 4.04. The predicted octanol–water partition coefficient (Wildman–Crippen LogP) is 1.17. The normalized spacial score (nSPS) is 15.7. The maximum Gasteiger partial charge on any atom is 0.276 e. The molecule has 1 aliphatic rings. The highest BCUT2D eigenvalue weighted by molar-refractivity contribution is 5.93. The third-order valence-electron chi connectivity index (χ3n) is 4.04. The summed E-state index contributed by atoms with van der Waals surface area (Å²) in [5.74, 6) is -0.0421. The molecular formula is C15H20N6O. The van der Waals surface area contributed by atoms with Gasteiger partial charge in [0.05, 0.1) is 5.69 Å². The third kappa shape index (κ3) is 2.79. The van der Waals surface area contributed by atoms with Crippen molar-refractivity contribution in [3.63, 3.8) is 0 Å². The number of nitrogens with one attached hydrogen (secondary N) is 1. The fraction of sp³-hybridized carbons (Fsp3) is 0.467. The van der Waals surface area contributed by atoms with Crippen molar-refractivity contribution in [2.75, 3.05) is 31.1 Å². The standard InChI is InChI=1S/C15H20N6O/c1-11-10-16-5-4-13(11)20-6-3-7-21(9-8-20)15(22)14-12(2)17-19-18-14/h4-5,10H,3,6-9H2,1-2H3,(H,17,18,19). The smallest absolute Gasteiger partial charge is 0.276 e. The molecule has 3 heterocycles. The molecule has 0 aromatic carbocycles. The van der Waals surface area contributed by atoms with Gasteiger partial charge in [-0.05, 0) is 31.9 Å². The largest absolute Gasteiger partial charge is 0.369 e. The van der Waals surface area contributed by atoms with Crippen molar-refractivity contribution in [1.29, 1.82) is 0 Å². The molecule has 0 bridgehead atoms. The summed E-state index contributed by atoms with van der Waals surface area (Å²) >= 11 is 0. The van der Waals surface area contributed by atoms with Gasteiger partial charge >= 0.3 is 0 Å². The molecule has 1 fully saturated rings. The van der Waals surface area contributed by atoms with E-state index in [2.05, 4.69) is 32.2 Å². The maximum absolute atomic E-state index is 12.5. The summed E-state index contributed by atoms with van der Waals surface area (Å²) in [6.07, 6.45) is 4.63. The number of H-pyrrole nitrogens is 1. The first-order chi connectivity index (χ1) is 10.7. The van der Waals surface area contributed by atoms with Gasteiger partial charge in [-0.2, -0.15) is 15.4 Å². The Morgan fingerprint density at radius 1 is 1.18 bits per heavy atom. The highest BCUT2D eigenvalue weighted by atomic mass is 16.2. The van der Waals surface area contributed by atoms with Crippen LogP contribution in [0.1, 0.15) is 28.2 Å². The minimum Gasteiger partial charge on any atom is -0.369 e. The topological polar surface area (TPSA) is 78.0 Å². The van der Waals surface area contributed by atoms with E-state index in [1.54, 1.807) is 6.92 Å². The average Bonchev–Trinajstić information content (AvgIpc) is 2.80. The molecule has 0 saturated carbocycles. The van der Waals surface area contributed by atoms with E-state index in [0.717, 1.165) is 31.6 Å². The molecule has 0 atom stereocenters. The number of rotatable bonds is 2. The van der Waals surface area contributed by atoms with Crippen LogP contribution in [0, 0.1) is 13.8 Å². The molecule has 0 radical (unpaired) electrons. The summed E-state index contributed by atoms with van der Waals surface area (Å²) in [6.45, 7) is 7.04. The Morgan fingerprint density at radius 3 is 2.77 bits per heavy atom. The number of nitrogens with zero attached hydrogens (tertiary/aromatic N) is 5. The first-order valence-electron chi connectivity index (χ1n) is 7.49. The van der Waals surface area contributed by atoms with Gasteiger partial charge in [-0.25, -0.2) is 0 Å². The number of anilines is 1. The van der Waals surface area contributed by atoms with Gasteiger partial charge in [0.25, 0.3) is 5.91 Å². The predicted molar refractivity (Wildman–Crippen MR) is 82.8 cm³/mol. The first kappa shape index (κ1) is 14.5. The number of aryl methyl sites for hydroxylation is 2. The van der Waals surface area contributed by atoms with Crippen molar-refractivity contribution < 1.29 is 4.79 Å². The number of amides is 1. The lowest BCUT2D eigenvalue weighted by molar-refractivity contribution is 0.0760. The molecule has 2 aromatic rings. The summed E-state index contributed by atoms with van der Waals surface area (Å²) < 4.78 is 0. The van der Waals surface area contributed by atoms with Crippen LogP contribution >= 0.6 is 0 Å². The number of hydrogen-bond acceptors (Lipinski definition) is 5. The molecule has 0 unspecified atom stereocenters. The van der Waals surface area contributed by atoms with Crippen molar-refractivity contribution in [3.8, 4) is 0 Å². The molecule has 7 nitrogen and oxygen atoms in total. The SMILES string of the molecule is Cc1cnccc1N1CCCN(C(=O)c2n[nH]nc2C)CC1. The molecule has 0 aliphatic carbocycles. The molecule has 0 spiro atoms. The lowest BCUT2D eigenvalue weighted by Crippen LogP contribution is -2.35. The van der Waals surface area contributed by atoms with Crippen LogP contribution in [-0.4, -0.2) is 57.4 Å². The zero-order valence-electron chi connectivity index (χ0n) is 12.9. The summed E-state index contributed by atoms with van der Waals surface area (Å²) in [7, 11) is 0. The fourth-order valence-corrected chi connectivity index (χ4v) is 2.82. The van der Waals surface area contributed by atoms with Crippen LogP contribution in [0.2, 0.25) is 0 Å². The number of aromatic nitrogens is 4. The van der Waals surface area contributed by atoms with Gasteiger partial charge in [0, 0.05) is 44.3 Å². The van der Waals surface area contributed by atoms with Crippen molar-refractivity contribution in [3.05, 3.63) is 35.4 Å². The van der Waals surface area contributed by atoms with Crippen LogP contribution < -0.4 is 4.90 Å². The zero-order chi connectivity index (χ0) is 15.5. The summed E-state index contributed by atoms with van der Waals surface area (Å²) in [4.78, 5) is 20.8. The second-order valence-electron chi connectivity index (χ2n) is 5.55. The second-order valence-corrected chi connectivity index (χ2v) is 5.55. The Balaban J connectivity index is 1.72. The Labute approximate surface area is 129 Å². The Bertz CT molecular complexity index is 668. The van der Waals surface area contributed by atoms with E-state index in [-0.39, 0.29) is 5.91 Å². The maximum atomic E-state index is 12.5. The van der Waals surface area contributed by atoms with E-state index < -0.39 is 0 Å². The third-order valence-corrected chi connectivity index (χ3v) is 4.04. The zero-order valence-corrected chi connectivity index (χ0v) is 12.9. The van der Waals surface area contributed by atoms with Crippen molar-refractivity contribution >= 4 is 11.6 Å². The highest BCUT2D eigenvalue weighted by Crippen LogP contribution is 2.20. The highest BCUT2D eigenvalue weighted by Gasteiger charge is 2.24. The Morgan fingerprint density at radius 2 is 2.05 bits per heavy atom. The van der Waals surface area contributed by atoms with E-state index in [9.17, 15) is 4.79 Å². The molecule has 22 heavy (non-hydrogen) atoms. The van der Waals surface area contributed by atoms with Crippen molar-refractivity contribution in [2.45, 2.75) is 20.3 Å². The van der Waals surface area contributed by atoms with Crippen LogP contribution in [0.15, 0.2) is 18.5 Å². The number of hydrogen-bond donors (Lipinski definition) is 1. The molecule has 3 rings (SSSR count). The van der Waals surface area contributed by atoms with E-state index in [1.165, 1.54) is 5.69 Å². The molecule has 2 aromatic heterocycles. The Hall–Kier alpha value is -2.44. The minimum absolute atomic E-state index is 0.0421. The lowest BCUT2D eigenvalue weighted by Gasteiger charge is -2.24. The number of carbonyl (C=O) groups is 1. The molecule has 116 valence electrons. The van der Waals surface area contributed by atoms with Gasteiger partial charge in [-0.15, -0.1) is 0 Å². The molecule has 1 amide bonds. The van der Waals surface area contributed by atoms with E-state index in [1.807, 2.05) is 23.4 Å². The van der Waals surface area contributed by atoms with Crippen LogP contribution in [0.3, 0.4) is 0 Å². The second kappa shape index (κ2) is 6.13. The monoisotopic (exact) mass is 300 g/mol. The lowest BCUT2D eigenvalue weighted by atomic mass is 10.2. The molecule has 1 aliphatic heterocycles. The van der Waals surface area contributed by atoms with Gasteiger partial charge in [0.15, 0.2) is 5.69 Å². The van der Waals surface area contributed by atoms with Gasteiger partial charge in [-0.1, -0.05) is 0 Å². The minimum atomic E-state index is -0.0421. The molecule has 1 N–H and O–H groups in total. The number of pyridine rings is 1. The number of carbonyl (C=O) groups excluding carboxylic acids is 1. The van der Waals surface area contributed by atoms with E-state index >= 15 is 0 Å². The van der Waals surface area contributed by atoms with E-state index in [0.29, 0.717) is 17.9 Å². The summed E-state index contributed by atoms with van der Waals surface area (Å²) in [6, 6.07) is 2.04. The fourth-order valence-electron chi connectivity index (χ4n) is 2.82. The van der Waals surface area contributed by atoms with Gasteiger partial charge in [0.2, 0.25) is 0 Å². The quantitative estimate of drug-likeness (QED) is 0.900. The summed E-state index contributed by atoms with van der Waals surface area (Å²) in [5, 5.41) is 10.4. The first-order valence-corrected chi connectivity index (χ1v) is 7.49. The van der Waals surface area contributed by atoms with Crippen molar-refractivity contribution in [2.24, 2.45) is 0 Å². The van der Waals surface area contributed by atoms with Crippen LogP contribution in [-0.2, 0) is 0 Å². The van der Waals surface area contributed by atoms with Gasteiger partial charge in [-0.3, -0.25) is 9.78 Å². The van der Waals surface area contributed by atoms with Crippen LogP contribution in [0.5, 0.6) is 0 Å². The van der Waals surface area contributed by atoms with Crippen LogP contribution in [0.4, 0.5) is 5.69 Å². The molecule has 7 heteroatoms. The van der Waals surface area contributed by atoms with Gasteiger partial charge in [0.1, 0.15) is 0 Å². The molecular weight excluding hydrogens is 280 g/mol. The average molecular weight is 300 g/mol. The van der Waals surface area contributed by atoms with Crippen molar-refractivity contribution in [1.82, 2.24) is 25.3 Å². The van der Waals surface area contributed by atoms with Gasteiger partial charge < -0.3 is 9.80 Å². The summed E-state index contributed by atoms with van der Waals surface area (Å²) in [5.41, 5.74) is 3.43. The molecule has 1 saturated heterocycles. The van der Waals surface area contributed by atoms with E-state index in [4.69, 9.17) is 0 Å².